The highest BCUT2D eigenvalue weighted by Crippen LogP contribution is 2.37. The zero-order valence-electron chi connectivity index (χ0n) is 26.1. The number of para-hydroxylation sites is 1. The minimum atomic E-state index is -0.434. The SMILES string of the molecule is COc1cc(/C=C/C(=O)c2cc(CC=C(C)C)c(OC)c(CC=C(C)C)c2O)ccc1OC(=O)Cc1cc2ccccc2[nH]1. The van der Waals surface area contributed by atoms with Gasteiger partial charge in [0.05, 0.1) is 26.2 Å². The fourth-order valence-corrected chi connectivity index (χ4v) is 4.85. The molecule has 44 heavy (non-hydrogen) atoms. The lowest BCUT2D eigenvalue weighted by atomic mass is 9.94. The largest absolute Gasteiger partial charge is 0.507 e. The molecule has 7 heteroatoms. The first-order chi connectivity index (χ1) is 21.1. The quantitative estimate of drug-likeness (QED) is 0.0569. The van der Waals surface area contributed by atoms with Crippen molar-refractivity contribution in [1.29, 1.82) is 0 Å². The zero-order chi connectivity index (χ0) is 31.8. The van der Waals surface area contributed by atoms with Crippen LogP contribution in [-0.4, -0.2) is 36.1 Å². The van der Waals surface area contributed by atoms with Crippen molar-refractivity contribution < 1.29 is 28.9 Å². The first-order valence-corrected chi connectivity index (χ1v) is 14.5. The van der Waals surface area contributed by atoms with Crippen molar-refractivity contribution in [3.05, 3.63) is 112 Å². The number of carbonyl (C=O) groups is 2. The summed E-state index contributed by atoms with van der Waals surface area (Å²) in [5.74, 6) is 0.329. The number of hydrogen-bond acceptors (Lipinski definition) is 6. The summed E-state index contributed by atoms with van der Waals surface area (Å²) in [6, 6.07) is 16.5. The van der Waals surface area contributed by atoms with E-state index in [1.165, 1.54) is 13.2 Å². The van der Waals surface area contributed by atoms with Crippen LogP contribution in [0.3, 0.4) is 0 Å². The van der Waals surface area contributed by atoms with Gasteiger partial charge in [-0.25, -0.2) is 0 Å². The van der Waals surface area contributed by atoms with Crippen LogP contribution in [0.15, 0.2) is 84.0 Å². The molecule has 0 unspecified atom stereocenters. The van der Waals surface area contributed by atoms with Crippen LogP contribution in [0.1, 0.15) is 60.4 Å². The van der Waals surface area contributed by atoms with Gasteiger partial charge in [-0.05, 0) is 93.5 Å². The van der Waals surface area contributed by atoms with Crippen LogP contribution in [0.4, 0.5) is 0 Å². The molecule has 0 aliphatic rings. The summed E-state index contributed by atoms with van der Waals surface area (Å²) < 4.78 is 16.8. The number of allylic oxidation sites excluding steroid dienone is 5. The fourth-order valence-electron chi connectivity index (χ4n) is 4.85. The molecule has 2 N–H and O–H groups in total. The van der Waals surface area contributed by atoms with E-state index in [2.05, 4.69) is 11.1 Å². The topological polar surface area (TPSA) is 97.8 Å². The van der Waals surface area contributed by atoms with Crippen molar-refractivity contribution in [1.82, 2.24) is 4.98 Å². The number of ketones is 1. The van der Waals surface area contributed by atoms with Gasteiger partial charge in [-0.2, -0.15) is 0 Å². The van der Waals surface area contributed by atoms with E-state index in [0.717, 1.165) is 33.3 Å². The Hall–Kier alpha value is -5.04. The van der Waals surface area contributed by atoms with Crippen LogP contribution >= 0.6 is 0 Å². The molecule has 7 nitrogen and oxygen atoms in total. The average molecular weight is 594 g/mol. The van der Waals surface area contributed by atoms with E-state index in [1.807, 2.05) is 64.1 Å². The molecule has 228 valence electrons. The normalized spacial score (nSPS) is 11.0. The van der Waals surface area contributed by atoms with E-state index in [0.29, 0.717) is 35.5 Å². The Kier molecular flexibility index (Phi) is 10.5. The number of phenolic OH excluding ortho intramolecular Hbond substituents is 1. The third-order valence-electron chi connectivity index (χ3n) is 7.10. The number of aromatic amines is 1. The summed E-state index contributed by atoms with van der Waals surface area (Å²) in [7, 11) is 3.06. The van der Waals surface area contributed by atoms with Gasteiger partial charge in [-0.3, -0.25) is 9.59 Å². The van der Waals surface area contributed by atoms with E-state index in [1.54, 1.807) is 37.5 Å². The molecule has 0 aliphatic carbocycles. The molecular weight excluding hydrogens is 554 g/mol. The average Bonchev–Trinajstić information content (AvgIpc) is 3.40. The summed E-state index contributed by atoms with van der Waals surface area (Å²) in [5, 5.41) is 12.2. The third-order valence-corrected chi connectivity index (χ3v) is 7.10. The van der Waals surface area contributed by atoms with Crippen molar-refractivity contribution >= 4 is 28.7 Å². The molecule has 4 rings (SSSR count). The minimum Gasteiger partial charge on any atom is -0.507 e. The number of hydrogen-bond donors (Lipinski definition) is 2. The number of benzene rings is 3. The number of ether oxygens (including phenoxy) is 3. The Morgan fingerprint density at radius 1 is 0.864 bits per heavy atom. The molecule has 0 aliphatic heterocycles. The Bertz CT molecular complexity index is 1730. The van der Waals surface area contributed by atoms with Gasteiger partial charge in [0.15, 0.2) is 17.3 Å². The number of fused-ring (bicyclic) bond motifs is 1. The Morgan fingerprint density at radius 3 is 2.27 bits per heavy atom. The molecule has 3 aromatic carbocycles. The molecule has 0 saturated carbocycles. The highest BCUT2D eigenvalue weighted by molar-refractivity contribution is 6.09. The molecule has 1 aromatic heterocycles. The second-order valence-electron chi connectivity index (χ2n) is 11.1. The van der Waals surface area contributed by atoms with E-state index in [4.69, 9.17) is 14.2 Å². The zero-order valence-corrected chi connectivity index (χ0v) is 26.1. The van der Waals surface area contributed by atoms with Crippen molar-refractivity contribution in [2.75, 3.05) is 14.2 Å². The predicted molar refractivity (Wildman–Crippen MR) is 175 cm³/mol. The first-order valence-electron chi connectivity index (χ1n) is 14.5. The first kappa shape index (κ1) is 31.9. The summed E-state index contributed by atoms with van der Waals surface area (Å²) >= 11 is 0. The molecule has 0 bridgehead atoms. The third kappa shape index (κ3) is 7.86. The number of methoxy groups -OCH3 is 2. The van der Waals surface area contributed by atoms with Crippen molar-refractivity contribution in [2.24, 2.45) is 0 Å². The molecule has 0 amide bonds. The van der Waals surface area contributed by atoms with E-state index in [-0.39, 0.29) is 29.3 Å². The molecule has 0 saturated heterocycles. The predicted octanol–water partition coefficient (Wildman–Crippen LogP) is 7.95. The van der Waals surface area contributed by atoms with Crippen LogP contribution in [-0.2, 0) is 24.1 Å². The Morgan fingerprint density at radius 2 is 1.59 bits per heavy atom. The number of rotatable bonds is 12. The number of nitrogens with one attached hydrogen (secondary N) is 1. The van der Waals surface area contributed by atoms with Gasteiger partial charge in [-0.15, -0.1) is 0 Å². The maximum atomic E-state index is 13.4. The second-order valence-corrected chi connectivity index (χ2v) is 11.1. The standard InChI is InChI=1S/C37H39NO6/c1-23(2)11-15-27-21-30(36(41)29(37(27)43-6)16-12-24(3)4)32(39)17-13-25-14-18-33(34(19-25)42-5)44-35(40)22-28-20-26-9-7-8-10-31(26)38-28/h7-14,17-21,38,41H,15-16,22H2,1-6H3/b17-13+. The maximum absolute atomic E-state index is 13.4. The van der Waals surface area contributed by atoms with Crippen molar-refractivity contribution in [3.63, 3.8) is 0 Å². The highest BCUT2D eigenvalue weighted by atomic mass is 16.6. The number of H-pyrrole nitrogens is 1. The fraction of sp³-hybridized carbons (Fsp3) is 0.243. The van der Waals surface area contributed by atoms with Gasteiger partial charge < -0.3 is 24.3 Å². The van der Waals surface area contributed by atoms with E-state index < -0.39 is 5.97 Å². The van der Waals surface area contributed by atoms with Gasteiger partial charge >= 0.3 is 5.97 Å². The number of esters is 1. The Labute approximate surface area is 258 Å². The van der Waals surface area contributed by atoms with Gasteiger partial charge in [0, 0.05) is 16.8 Å². The highest BCUT2D eigenvalue weighted by Gasteiger charge is 2.21. The molecule has 0 spiro atoms. The van der Waals surface area contributed by atoms with Crippen LogP contribution in [0, 0.1) is 0 Å². The smallest absolute Gasteiger partial charge is 0.317 e. The molecular formula is C37H39NO6. The molecule has 0 fully saturated rings. The summed E-state index contributed by atoms with van der Waals surface area (Å²) in [5.41, 5.74) is 6.19. The number of phenols is 1. The summed E-state index contributed by atoms with van der Waals surface area (Å²) in [4.78, 5) is 29.3. The van der Waals surface area contributed by atoms with Crippen LogP contribution in [0.2, 0.25) is 0 Å². The van der Waals surface area contributed by atoms with Gasteiger partial charge in [0.25, 0.3) is 0 Å². The van der Waals surface area contributed by atoms with E-state index in [9.17, 15) is 14.7 Å². The van der Waals surface area contributed by atoms with E-state index >= 15 is 0 Å². The summed E-state index contributed by atoms with van der Waals surface area (Å²) in [6.45, 7) is 7.98. The van der Waals surface area contributed by atoms with Crippen LogP contribution in [0.25, 0.3) is 17.0 Å². The van der Waals surface area contributed by atoms with Crippen LogP contribution in [0.5, 0.6) is 23.0 Å². The molecule has 1 heterocycles. The number of carbonyl (C=O) groups excluding carboxylic acids is 2. The minimum absolute atomic E-state index is 0.0740. The van der Waals surface area contributed by atoms with Crippen LogP contribution < -0.4 is 14.2 Å². The Balaban J connectivity index is 1.55. The lowest BCUT2D eigenvalue weighted by molar-refractivity contribution is -0.133. The molecule has 4 aromatic rings. The summed E-state index contributed by atoms with van der Waals surface area (Å²) in [6.07, 6.45) is 8.17. The molecule has 0 atom stereocenters. The van der Waals surface area contributed by atoms with Gasteiger partial charge in [-0.1, -0.05) is 53.6 Å². The lowest BCUT2D eigenvalue weighted by Crippen LogP contribution is -2.12. The number of aromatic hydroxyl groups is 1. The monoisotopic (exact) mass is 593 g/mol. The van der Waals surface area contributed by atoms with Gasteiger partial charge in [0.2, 0.25) is 0 Å². The maximum Gasteiger partial charge on any atom is 0.317 e. The molecule has 0 radical (unpaired) electrons. The second kappa shape index (κ2) is 14.4. The van der Waals surface area contributed by atoms with Crippen molar-refractivity contribution in [2.45, 2.75) is 47.0 Å². The number of aromatic nitrogens is 1. The lowest BCUT2D eigenvalue weighted by Gasteiger charge is -2.17. The van der Waals surface area contributed by atoms with Crippen molar-refractivity contribution in [3.8, 4) is 23.0 Å². The van der Waals surface area contributed by atoms with Gasteiger partial charge in [0.1, 0.15) is 11.5 Å².